The maximum Gasteiger partial charge on any atom is 0.404 e. The second kappa shape index (κ2) is 5.76. The van der Waals surface area contributed by atoms with Crippen molar-refractivity contribution in [1.82, 2.24) is 4.98 Å². The van der Waals surface area contributed by atoms with Crippen molar-refractivity contribution in [3.05, 3.63) is 12.3 Å². The Morgan fingerprint density at radius 1 is 1.77 bits per heavy atom. The van der Waals surface area contributed by atoms with E-state index in [9.17, 15) is 4.79 Å². The summed E-state index contributed by atoms with van der Waals surface area (Å²) < 4.78 is 4.18. The SMILES string of the molecule is CCOC(N)=O.Nc1[nH]ccc1O. The van der Waals surface area contributed by atoms with E-state index >= 15 is 0 Å². The van der Waals surface area contributed by atoms with Crippen molar-refractivity contribution >= 4 is 11.9 Å². The second-order valence-electron chi connectivity index (χ2n) is 2.03. The van der Waals surface area contributed by atoms with Crippen molar-refractivity contribution in [2.24, 2.45) is 5.73 Å². The molecule has 1 amide bonds. The number of aromatic amines is 1. The Morgan fingerprint density at radius 3 is 2.46 bits per heavy atom. The Bertz CT molecular complexity index is 243. The summed E-state index contributed by atoms with van der Waals surface area (Å²) in [4.78, 5) is 12.2. The number of nitrogen functional groups attached to an aromatic ring is 1. The van der Waals surface area contributed by atoms with Crippen LogP contribution >= 0.6 is 0 Å². The molecule has 0 radical (unpaired) electrons. The molecule has 1 aromatic rings. The zero-order valence-electron chi connectivity index (χ0n) is 7.28. The van der Waals surface area contributed by atoms with Crippen LogP contribution in [0.4, 0.5) is 10.6 Å². The number of amides is 1. The van der Waals surface area contributed by atoms with Crippen LogP contribution in [0.15, 0.2) is 12.3 Å². The topological polar surface area (TPSA) is 114 Å². The minimum Gasteiger partial charge on any atom is -0.504 e. The van der Waals surface area contributed by atoms with Crippen molar-refractivity contribution in [2.75, 3.05) is 12.3 Å². The van der Waals surface area contributed by atoms with Crippen LogP contribution in [0.1, 0.15) is 6.92 Å². The number of carbonyl (C=O) groups is 1. The Balaban J connectivity index is 0.000000226. The zero-order chi connectivity index (χ0) is 10.3. The van der Waals surface area contributed by atoms with E-state index in [2.05, 4.69) is 15.5 Å². The molecule has 6 N–H and O–H groups in total. The molecule has 0 fully saturated rings. The van der Waals surface area contributed by atoms with Gasteiger partial charge in [0.05, 0.1) is 6.61 Å². The minimum atomic E-state index is -0.711. The highest BCUT2D eigenvalue weighted by atomic mass is 16.5. The van der Waals surface area contributed by atoms with Gasteiger partial charge in [0, 0.05) is 6.20 Å². The van der Waals surface area contributed by atoms with Gasteiger partial charge in [0.1, 0.15) is 5.82 Å². The van der Waals surface area contributed by atoms with Gasteiger partial charge in [0.15, 0.2) is 5.75 Å². The maximum absolute atomic E-state index is 9.60. The van der Waals surface area contributed by atoms with Crippen LogP contribution in [-0.4, -0.2) is 22.8 Å². The van der Waals surface area contributed by atoms with Crippen LogP contribution in [0.25, 0.3) is 0 Å². The van der Waals surface area contributed by atoms with Gasteiger partial charge in [0.25, 0.3) is 0 Å². The molecule has 0 aliphatic rings. The van der Waals surface area contributed by atoms with Crippen LogP contribution in [-0.2, 0) is 4.74 Å². The lowest BCUT2D eigenvalue weighted by atomic mass is 10.6. The number of H-pyrrole nitrogens is 1. The molecule has 74 valence electrons. The summed E-state index contributed by atoms with van der Waals surface area (Å²) in [5, 5.41) is 8.60. The summed E-state index contributed by atoms with van der Waals surface area (Å²) in [6.07, 6.45) is 0.863. The summed E-state index contributed by atoms with van der Waals surface area (Å²) in [6.45, 7) is 2.06. The number of hydrogen-bond donors (Lipinski definition) is 4. The molecular formula is C7H13N3O3. The fourth-order valence-electron chi connectivity index (χ4n) is 0.516. The first-order valence-corrected chi connectivity index (χ1v) is 3.62. The van der Waals surface area contributed by atoms with E-state index < -0.39 is 6.09 Å². The van der Waals surface area contributed by atoms with Crippen LogP contribution in [0.5, 0.6) is 5.75 Å². The van der Waals surface area contributed by atoms with E-state index in [1.165, 1.54) is 6.07 Å². The van der Waals surface area contributed by atoms with Crippen LogP contribution in [0.2, 0.25) is 0 Å². The third-order valence-corrected chi connectivity index (χ3v) is 1.04. The molecule has 1 heterocycles. The molecule has 13 heavy (non-hydrogen) atoms. The number of nitrogens with one attached hydrogen (secondary N) is 1. The third-order valence-electron chi connectivity index (χ3n) is 1.04. The third kappa shape index (κ3) is 5.42. The number of primary amides is 1. The highest BCUT2D eigenvalue weighted by Crippen LogP contribution is 2.14. The highest BCUT2D eigenvalue weighted by Gasteiger charge is 1.90. The standard InChI is InChI=1S/C4H6N2O.C3H7NO2/c5-4-3(7)1-2-6-4;1-2-6-3(4)5/h1-2,6-7H,5H2;2H2,1H3,(H2,4,5). The summed E-state index contributed by atoms with van der Waals surface area (Å²) in [7, 11) is 0. The lowest BCUT2D eigenvalue weighted by molar-refractivity contribution is 0.163. The van der Waals surface area contributed by atoms with Crippen molar-refractivity contribution in [3.8, 4) is 5.75 Å². The van der Waals surface area contributed by atoms with E-state index in [-0.39, 0.29) is 5.75 Å². The molecule has 0 spiro atoms. The molecular weight excluding hydrogens is 174 g/mol. The van der Waals surface area contributed by atoms with Crippen molar-refractivity contribution in [1.29, 1.82) is 0 Å². The van der Waals surface area contributed by atoms with E-state index in [0.717, 1.165) is 0 Å². The van der Waals surface area contributed by atoms with Crippen LogP contribution in [0, 0.1) is 0 Å². The first-order chi connectivity index (χ1) is 6.07. The van der Waals surface area contributed by atoms with Gasteiger partial charge in [-0.3, -0.25) is 0 Å². The molecule has 0 aliphatic heterocycles. The second-order valence-corrected chi connectivity index (χ2v) is 2.03. The molecule has 0 bridgehead atoms. The monoisotopic (exact) mass is 187 g/mol. The van der Waals surface area contributed by atoms with Gasteiger partial charge in [-0.1, -0.05) is 0 Å². The first-order valence-electron chi connectivity index (χ1n) is 3.62. The number of ether oxygens (including phenoxy) is 1. The largest absolute Gasteiger partial charge is 0.504 e. The molecule has 1 rings (SSSR count). The molecule has 0 aromatic carbocycles. The van der Waals surface area contributed by atoms with Crippen molar-refractivity contribution in [2.45, 2.75) is 6.92 Å². The average molecular weight is 187 g/mol. The van der Waals surface area contributed by atoms with Gasteiger partial charge in [-0.25, -0.2) is 4.79 Å². The molecule has 0 saturated carbocycles. The van der Waals surface area contributed by atoms with Crippen molar-refractivity contribution in [3.63, 3.8) is 0 Å². The predicted octanol–water partition coefficient (Wildman–Crippen LogP) is 0.404. The highest BCUT2D eigenvalue weighted by molar-refractivity contribution is 5.64. The van der Waals surface area contributed by atoms with Gasteiger partial charge in [-0.05, 0) is 13.0 Å². The van der Waals surface area contributed by atoms with E-state index in [0.29, 0.717) is 12.4 Å². The predicted molar refractivity (Wildman–Crippen MR) is 48.1 cm³/mol. The molecule has 0 unspecified atom stereocenters. The molecule has 0 atom stereocenters. The zero-order valence-corrected chi connectivity index (χ0v) is 7.28. The number of nitrogens with two attached hydrogens (primary N) is 2. The lowest BCUT2D eigenvalue weighted by Crippen LogP contribution is -2.11. The summed E-state index contributed by atoms with van der Waals surface area (Å²) in [5.74, 6) is 0.431. The fraction of sp³-hybridized carbons (Fsp3) is 0.286. The Hall–Kier alpha value is -1.85. The maximum atomic E-state index is 9.60. The summed E-state index contributed by atoms with van der Waals surface area (Å²) in [6, 6.07) is 1.50. The normalized spacial score (nSPS) is 8.38. The Kier molecular flexibility index (Phi) is 4.94. The Morgan fingerprint density at radius 2 is 2.38 bits per heavy atom. The quantitative estimate of drug-likeness (QED) is 0.509. The number of carbonyl (C=O) groups excluding carboxylic acids is 1. The van der Waals surface area contributed by atoms with Crippen LogP contribution < -0.4 is 11.5 Å². The first kappa shape index (κ1) is 11.2. The number of anilines is 1. The fourth-order valence-corrected chi connectivity index (χ4v) is 0.516. The minimum absolute atomic E-state index is 0.111. The van der Waals surface area contributed by atoms with Crippen LogP contribution in [0.3, 0.4) is 0 Å². The molecule has 0 aliphatic carbocycles. The van der Waals surface area contributed by atoms with E-state index in [1.54, 1.807) is 13.1 Å². The van der Waals surface area contributed by atoms with Gasteiger partial charge in [0.2, 0.25) is 0 Å². The summed E-state index contributed by atoms with van der Waals surface area (Å²) >= 11 is 0. The molecule has 0 saturated heterocycles. The number of hydrogen-bond acceptors (Lipinski definition) is 4. The van der Waals surface area contributed by atoms with Gasteiger partial charge < -0.3 is 26.3 Å². The van der Waals surface area contributed by atoms with Gasteiger partial charge in [-0.2, -0.15) is 0 Å². The van der Waals surface area contributed by atoms with Crippen molar-refractivity contribution < 1.29 is 14.6 Å². The number of aromatic hydroxyl groups is 1. The van der Waals surface area contributed by atoms with Gasteiger partial charge >= 0.3 is 6.09 Å². The molecule has 6 heteroatoms. The average Bonchev–Trinajstić information content (AvgIpc) is 2.37. The van der Waals surface area contributed by atoms with E-state index in [1.807, 2.05) is 0 Å². The Labute approximate surface area is 75.5 Å². The molecule has 1 aromatic heterocycles. The smallest absolute Gasteiger partial charge is 0.404 e. The van der Waals surface area contributed by atoms with Gasteiger partial charge in [-0.15, -0.1) is 0 Å². The molecule has 6 nitrogen and oxygen atoms in total. The number of rotatable bonds is 1. The summed E-state index contributed by atoms with van der Waals surface area (Å²) in [5.41, 5.74) is 9.68. The lowest BCUT2D eigenvalue weighted by Gasteiger charge is -1.89. The van der Waals surface area contributed by atoms with E-state index in [4.69, 9.17) is 10.8 Å². The number of aromatic nitrogens is 1.